The van der Waals surface area contributed by atoms with Gasteiger partial charge in [0.05, 0.1) is 19.3 Å². The van der Waals surface area contributed by atoms with Gasteiger partial charge in [0.2, 0.25) is 5.91 Å². The molecule has 4 heteroatoms. The molecule has 0 aromatic heterocycles. The topological polar surface area (TPSA) is 69.6 Å². The lowest BCUT2D eigenvalue weighted by Gasteiger charge is -2.18. The molecule has 0 aliphatic rings. The third-order valence-corrected chi connectivity index (χ3v) is 2.56. The summed E-state index contributed by atoms with van der Waals surface area (Å²) in [4.78, 5) is 11.7. The molecule has 0 aromatic rings. The van der Waals surface area contributed by atoms with Crippen molar-refractivity contribution < 1.29 is 15.0 Å². The molecule has 0 saturated carbocycles. The van der Waals surface area contributed by atoms with Gasteiger partial charge in [-0.15, -0.1) is 0 Å². The first-order valence-electron chi connectivity index (χ1n) is 5.71. The molecule has 0 spiro atoms. The van der Waals surface area contributed by atoms with Crippen LogP contribution < -0.4 is 5.32 Å². The number of carbonyl (C=O) groups is 1. The fourth-order valence-corrected chi connectivity index (χ4v) is 1.44. The van der Waals surface area contributed by atoms with Crippen LogP contribution in [0.3, 0.4) is 0 Å². The van der Waals surface area contributed by atoms with Gasteiger partial charge in [-0.25, -0.2) is 0 Å². The van der Waals surface area contributed by atoms with Crippen LogP contribution in [-0.4, -0.2) is 35.4 Å². The predicted octanol–water partition coefficient (Wildman–Crippen LogP) is 0.672. The summed E-state index contributed by atoms with van der Waals surface area (Å²) < 4.78 is 0. The highest BCUT2D eigenvalue weighted by Crippen LogP contribution is 2.12. The Kier molecular flexibility index (Phi) is 8.33. The highest BCUT2D eigenvalue weighted by atomic mass is 16.3. The molecule has 1 amide bonds. The minimum absolute atomic E-state index is 0.00514. The number of aliphatic hydroxyl groups excluding tert-OH is 2. The van der Waals surface area contributed by atoms with E-state index in [9.17, 15) is 4.79 Å². The maximum Gasteiger partial charge on any atom is 0.223 e. The van der Waals surface area contributed by atoms with Gasteiger partial charge in [0.1, 0.15) is 0 Å². The lowest BCUT2D eigenvalue weighted by atomic mass is 9.98. The molecular weight excluding hydrogens is 194 g/mol. The van der Waals surface area contributed by atoms with Crippen LogP contribution in [0.25, 0.3) is 0 Å². The van der Waals surface area contributed by atoms with Crippen LogP contribution >= 0.6 is 0 Å². The first kappa shape index (κ1) is 14.4. The average molecular weight is 217 g/mol. The molecule has 1 atom stereocenters. The van der Waals surface area contributed by atoms with Crippen molar-refractivity contribution in [1.29, 1.82) is 0 Å². The van der Waals surface area contributed by atoms with Gasteiger partial charge in [0.15, 0.2) is 0 Å². The van der Waals surface area contributed by atoms with Crippen molar-refractivity contribution >= 4 is 5.91 Å². The summed E-state index contributed by atoms with van der Waals surface area (Å²) in [5.74, 6) is -0.0513. The van der Waals surface area contributed by atoms with E-state index in [4.69, 9.17) is 10.2 Å². The number of nitrogens with one attached hydrogen (secondary N) is 1. The molecule has 0 radical (unpaired) electrons. The average Bonchev–Trinajstić information content (AvgIpc) is 2.26. The fourth-order valence-electron chi connectivity index (χ4n) is 1.44. The zero-order valence-electron chi connectivity index (χ0n) is 9.70. The molecule has 0 rings (SSSR count). The zero-order valence-corrected chi connectivity index (χ0v) is 9.70. The molecule has 0 saturated heterocycles. The summed E-state index contributed by atoms with van der Waals surface area (Å²) >= 11 is 0. The van der Waals surface area contributed by atoms with Gasteiger partial charge < -0.3 is 15.5 Å². The molecule has 4 nitrogen and oxygen atoms in total. The highest BCUT2D eigenvalue weighted by molar-refractivity contribution is 5.78. The lowest BCUT2D eigenvalue weighted by Crippen LogP contribution is -2.43. The minimum Gasteiger partial charge on any atom is -0.394 e. The Labute approximate surface area is 91.7 Å². The first-order valence-corrected chi connectivity index (χ1v) is 5.71. The Morgan fingerprint density at radius 2 is 1.87 bits per heavy atom. The standard InChI is InChI=1S/C11H23NO3/c1-3-5-6-9(4-2)11(15)12-10(7-13)8-14/h9-10,13-14H,3-8H2,1-2H3,(H,12,15). The van der Waals surface area contributed by atoms with Crippen molar-refractivity contribution in [2.75, 3.05) is 13.2 Å². The largest absolute Gasteiger partial charge is 0.394 e. The minimum atomic E-state index is -0.520. The molecule has 15 heavy (non-hydrogen) atoms. The summed E-state index contributed by atoms with van der Waals surface area (Å²) in [6.45, 7) is 3.64. The summed E-state index contributed by atoms with van der Waals surface area (Å²) in [5, 5.41) is 20.3. The van der Waals surface area contributed by atoms with E-state index < -0.39 is 6.04 Å². The molecule has 90 valence electrons. The second kappa shape index (κ2) is 8.68. The Morgan fingerprint density at radius 1 is 1.27 bits per heavy atom. The van der Waals surface area contributed by atoms with E-state index in [1.54, 1.807) is 0 Å². The zero-order chi connectivity index (χ0) is 11.7. The van der Waals surface area contributed by atoms with Gasteiger partial charge in [-0.3, -0.25) is 4.79 Å². The van der Waals surface area contributed by atoms with Gasteiger partial charge >= 0.3 is 0 Å². The number of hydrogen-bond acceptors (Lipinski definition) is 3. The third kappa shape index (κ3) is 5.74. The Hall–Kier alpha value is -0.610. The Morgan fingerprint density at radius 3 is 2.27 bits per heavy atom. The van der Waals surface area contributed by atoms with Crippen LogP contribution in [0.15, 0.2) is 0 Å². The van der Waals surface area contributed by atoms with E-state index in [0.717, 1.165) is 25.7 Å². The van der Waals surface area contributed by atoms with E-state index in [2.05, 4.69) is 12.2 Å². The van der Waals surface area contributed by atoms with Crippen molar-refractivity contribution in [3.05, 3.63) is 0 Å². The van der Waals surface area contributed by atoms with Crippen molar-refractivity contribution in [2.45, 2.75) is 45.6 Å². The normalized spacial score (nSPS) is 12.9. The summed E-state index contributed by atoms with van der Waals surface area (Å²) in [6, 6.07) is -0.520. The number of amides is 1. The fraction of sp³-hybridized carbons (Fsp3) is 0.909. The van der Waals surface area contributed by atoms with Crippen LogP contribution in [-0.2, 0) is 4.79 Å². The highest BCUT2D eigenvalue weighted by Gasteiger charge is 2.18. The number of rotatable bonds is 8. The molecule has 0 fully saturated rings. The van der Waals surface area contributed by atoms with Crippen LogP contribution in [0.4, 0.5) is 0 Å². The van der Waals surface area contributed by atoms with Crippen molar-refractivity contribution in [1.82, 2.24) is 5.32 Å². The monoisotopic (exact) mass is 217 g/mol. The second-order valence-electron chi connectivity index (χ2n) is 3.82. The second-order valence-corrected chi connectivity index (χ2v) is 3.82. The van der Waals surface area contributed by atoms with E-state index >= 15 is 0 Å². The van der Waals surface area contributed by atoms with Gasteiger partial charge in [0, 0.05) is 5.92 Å². The SMILES string of the molecule is CCCCC(CC)C(=O)NC(CO)CO. The summed E-state index contributed by atoms with van der Waals surface area (Å²) in [5.41, 5.74) is 0. The maximum absolute atomic E-state index is 11.7. The van der Waals surface area contributed by atoms with Crippen LogP contribution in [0.1, 0.15) is 39.5 Å². The number of hydrogen-bond donors (Lipinski definition) is 3. The number of unbranched alkanes of at least 4 members (excludes halogenated alkanes) is 1. The van der Waals surface area contributed by atoms with E-state index in [-0.39, 0.29) is 25.0 Å². The van der Waals surface area contributed by atoms with E-state index in [1.165, 1.54) is 0 Å². The molecule has 0 aromatic carbocycles. The summed E-state index contributed by atoms with van der Waals surface area (Å²) in [7, 11) is 0. The Bertz CT molecular complexity index is 169. The van der Waals surface area contributed by atoms with E-state index in [1.807, 2.05) is 6.92 Å². The summed E-state index contributed by atoms with van der Waals surface area (Å²) in [6.07, 6.45) is 3.79. The van der Waals surface area contributed by atoms with Crippen LogP contribution in [0.2, 0.25) is 0 Å². The van der Waals surface area contributed by atoms with E-state index in [0.29, 0.717) is 0 Å². The van der Waals surface area contributed by atoms with Gasteiger partial charge in [0.25, 0.3) is 0 Å². The molecule has 0 aliphatic carbocycles. The van der Waals surface area contributed by atoms with Crippen molar-refractivity contribution in [3.8, 4) is 0 Å². The third-order valence-electron chi connectivity index (χ3n) is 2.56. The molecule has 3 N–H and O–H groups in total. The van der Waals surface area contributed by atoms with Gasteiger partial charge in [-0.1, -0.05) is 26.7 Å². The van der Waals surface area contributed by atoms with Gasteiger partial charge in [-0.2, -0.15) is 0 Å². The number of carbonyl (C=O) groups excluding carboxylic acids is 1. The van der Waals surface area contributed by atoms with Crippen molar-refractivity contribution in [3.63, 3.8) is 0 Å². The predicted molar refractivity (Wildman–Crippen MR) is 59.4 cm³/mol. The molecule has 0 bridgehead atoms. The lowest BCUT2D eigenvalue weighted by molar-refractivity contribution is -0.126. The van der Waals surface area contributed by atoms with Crippen molar-refractivity contribution in [2.24, 2.45) is 5.92 Å². The molecule has 0 heterocycles. The Balaban J connectivity index is 4.02. The quantitative estimate of drug-likeness (QED) is 0.560. The maximum atomic E-state index is 11.7. The molecular formula is C11H23NO3. The smallest absolute Gasteiger partial charge is 0.223 e. The first-order chi connectivity index (χ1) is 7.19. The number of aliphatic hydroxyl groups is 2. The van der Waals surface area contributed by atoms with Gasteiger partial charge in [-0.05, 0) is 12.8 Å². The van der Waals surface area contributed by atoms with Crippen LogP contribution in [0.5, 0.6) is 0 Å². The molecule has 0 aliphatic heterocycles. The molecule has 1 unspecified atom stereocenters. The van der Waals surface area contributed by atoms with Crippen LogP contribution in [0, 0.1) is 5.92 Å².